The van der Waals surface area contributed by atoms with Gasteiger partial charge in [0.2, 0.25) is 11.9 Å². The van der Waals surface area contributed by atoms with E-state index in [0.717, 1.165) is 16.9 Å². The fourth-order valence-corrected chi connectivity index (χ4v) is 3.31. The SMILES string of the molecule is CCOc1ccc(-c2nc3n(n2)C(c2ccncc2)C(C(N)=O)=C(C)N3)cc1. The first-order valence-corrected chi connectivity index (χ1v) is 8.95. The van der Waals surface area contributed by atoms with E-state index in [4.69, 9.17) is 10.5 Å². The molecule has 0 bridgehead atoms. The molecule has 0 saturated carbocycles. The Labute approximate surface area is 162 Å². The summed E-state index contributed by atoms with van der Waals surface area (Å²) in [6, 6.07) is 10.8. The van der Waals surface area contributed by atoms with Crippen LogP contribution in [0.1, 0.15) is 25.5 Å². The molecule has 1 amide bonds. The molecular formula is C20H20N6O2. The van der Waals surface area contributed by atoms with Gasteiger partial charge < -0.3 is 15.8 Å². The number of amides is 1. The fraction of sp³-hybridized carbons (Fsp3) is 0.200. The number of nitrogens with zero attached hydrogens (tertiary/aromatic N) is 4. The Morgan fingerprint density at radius 2 is 1.93 bits per heavy atom. The number of nitrogens with two attached hydrogens (primary N) is 1. The normalized spacial score (nSPS) is 15.7. The van der Waals surface area contributed by atoms with Gasteiger partial charge in [-0.25, -0.2) is 4.68 Å². The first-order valence-electron chi connectivity index (χ1n) is 8.95. The summed E-state index contributed by atoms with van der Waals surface area (Å²) in [7, 11) is 0. The number of hydrogen-bond acceptors (Lipinski definition) is 6. The highest BCUT2D eigenvalue weighted by molar-refractivity contribution is 5.95. The minimum absolute atomic E-state index is 0.446. The van der Waals surface area contributed by atoms with Gasteiger partial charge >= 0.3 is 0 Å². The van der Waals surface area contributed by atoms with E-state index in [-0.39, 0.29) is 0 Å². The van der Waals surface area contributed by atoms with Crippen molar-refractivity contribution in [2.24, 2.45) is 5.73 Å². The number of allylic oxidation sites excluding steroid dienone is 1. The summed E-state index contributed by atoms with van der Waals surface area (Å²) < 4.78 is 7.17. The Bertz CT molecular complexity index is 1040. The number of primary amides is 1. The molecule has 8 heteroatoms. The van der Waals surface area contributed by atoms with Crippen LogP contribution in [0.5, 0.6) is 5.75 Å². The molecule has 0 radical (unpaired) electrons. The first-order chi connectivity index (χ1) is 13.6. The summed E-state index contributed by atoms with van der Waals surface area (Å²) in [6.45, 7) is 4.35. The fourth-order valence-electron chi connectivity index (χ4n) is 3.31. The molecule has 1 atom stereocenters. The number of fused-ring (bicyclic) bond motifs is 1. The zero-order valence-corrected chi connectivity index (χ0v) is 15.6. The van der Waals surface area contributed by atoms with Crippen molar-refractivity contribution >= 4 is 11.9 Å². The highest BCUT2D eigenvalue weighted by Crippen LogP contribution is 2.35. The number of ether oxygens (including phenoxy) is 1. The van der Waals surface area contributed by atoms with E-state index in [1.807, 2.05) is 50.2 Å². The van der Waals surface area contributed by atoms with Crippen LogP contribution in [0, 0.1) is 0 Å². The molecule has 0 aliphatic carbocycles. The van der Waals surface area contributed by atoms with Gasteiger partial charge in [-0.3, -0.25) is 9.78 Å². The molecule has 28 heavy (non-hydrogen) atoms. The zero-order chi connectivity index (χ0) is 19.7. The quantitative estimate of drug-likeness (QED) is 0.708. The second-order valence-electron chi connectivity index (χ2n) is 6.37. The monoisotopic (exact) mass is 376 g/mol. The van der Waals surface area contributed by atoms with E-state index in [2.05, 4.69) is 20.4 Å². The van der Waals surface area contributed by atoms with Gasteiger partial charge in [0.05, 0.1) is 12.2 Å². The smallest absolute Gasteiger partial charge is 0.248 e. The number of rotatable bonds is 5. The van der Waals surface area contributed by atoms with Crippen molar-refractivity contribution in [2.75, 3.05) is 11.9 Å². The molecule has 1 aliphatic heterocycles. The predicted molar refractivity (Wildman–Crippen MR) is 105 cm³/mol. The van der Waals surface area contributed by atoms with Gasteiger partial charge in [0.1, 0.15) is 11.8 Å². The van der Waals surface area contributed by atoms with Crippen molar-refractivity contribution in [3.8, 4) is 17.1 Å². The number of nitrogens with one attached hydrogen (secondary N) is 1. The maximum absolute atomic E-state index is 12.2. The molecule has 142 valence electrons. The van der Waals surface area contributed by atoms with E-state index in [0.29, 0.717) is 29.6 Å². The molecule has 4 rings (SSSR count). The highest BCUT2D eigenvalue weighted by atomic mass is 16.5. The number of pyridine rings is 1. The average molecular weight is 376 g/mol. The maximum atomic E-state index is 12.2. The van der Waals surface area contributed by atoms with Crippen molar-refractivity contribution in [1.29, 1.82) is 0 Å². The van der Waals surface area contributed by atoms with Gasteiger partial charge in [0.25, 0.3) is 0 Å². The molecule has 1 aliphatic rings. The van der Waals surface area contributed by atoms with Crippen LogP contribution in [0.25, 0.3) is 11.4 Å². The molecule has 0 saturated heterocycles. The Morgan fingerprint density at radius 3 is 2.57 bits per heavy atom. The third kappa shape index (κ3) is 3.09. The molecule has 1 aromatic carbocycles. The Balaban J connectivity index is 1.79. The molecule has 2 aromatic heterocycles. The summed E-state index contributed by atoms with van der Waals surface area (Å²) in [5.41, 5.74) is 8.49. The van der Waals surface area contributed by atoms with E-state index in [9.17, 15) is 4.79 Å². The maximum Gasteiger partial charge on any atom is 0.248 e. The van der Waals surface area contributed by atoms with Crippen LogP contribution in [0.3, 0.4) is 0 Å². The van der Waals surface area contributed by atoms with Crippen molar-refractivity contribution in [3.05, 3.63) is 65.6 Å². The van der Waals surface area contributed by atoms with Gasteiger partial charge in [-0.15, -0.1) is 5.10 Å². The summed E-state index contributed by atoms with van der Waals surface area (Å²) >= 11 is 0. The van der Waals surface area contributed by atoms with Gasteiger partial charge in [0, 0.05) is 23.7 Å². The van der Waals surface area contributed by atoms with Gasteiger partial charge in [-0.05, 0) is 55.8 Å². The van der Waals surface area contributed by atoms with Crippen LogP contribution in [0.4, 0.5) is 5.95 Å². The van der Waals surface area contributed by atoms with E-state index < -0.39 is 11.9 Å². The van der Waals surface area contributed by atoms with Crippen molar-refractivity contribution in [3.63, 3.8) is 0 Å². The standard InChI is InChI=1S/C20H20N6O2/c1-3-28-15-6-4-14(5-7-15)19-24-20-23-12(2)16(18(21)27)17(26(20)25-19)13-8-10-22-11-9-13/h4-11,17H,3H2,1-2H3,(H2,21,27)(H,23,24,25). The zero-order valence-electron chi connectivity index (χ0n) is 15.6. The third-order valence-electron chi connectivity index (χ3n) is 4.56. The largest absolute Gasteiger partial charge is 0.494 e. The molecule has 1 unspecified atom stereocenters. The van der Waals surface area contributed by atoms with Gasteiger partial charge in [0.15, 0.2) is 5.82 Å². The minimum Gasteiger partial charge on any atom is -0.494 e. The van der Waals surface area contributed by atoms with Crippen LogP contribution in [0.15, 0.2) is 60.1 Å². The van der Waals surface area contributed by atoms with Crippen molar-refractivity contribution in [1.82, 2.24) is 19.7 Å². The molecule has 3 heterocycles. The Kier molecular flexibility index (Phi) is 4.52. The van der Waals surface area contributed by atoms with Crippen LogP contribution < -0.4 is 15.8 Å². The number of carbonyl (C=O) groups is 1. The average Bonchev–Trinajstić information content (AvgIpc) is 3.11. The van der Waals surface area contributed by atoms with Gasteiger partial charge in [-0.2, -0.15) is 4.98 Å². The van der Waals surface area contributed by atoms with Crippen LogP contribution >= 0.6 is 0 Å². The van der Waals surface area contributed by atoms with Gasteiger partial charge in [-0.1, -0.05) is 0 Å². The molecule has 0 spiro atoms. The number of benzene rings is 1. The minimum atomic E-state index is -0.504. The molecule has 8 nitrogen and oxygen atoms in total. The summed E-state index contributed by atoms with van der Waals surface area (Å²) in [4.78, 5) is 20.8. The predicted octanol–water partition coefficient (Wildman–Crippen LogP) is 2.51. The lowest BCUT2D eigenvalue weighted by Crippen LogP contribution is -2.31. The Morgan fingerprint density at radius 1 is 1.21 bits per heavy atom. The highest BCUT2D eigenvalue weighted by Gasteiger charge is 2.33. The second-order valence-corrected chi connectivity index (χ2v) is 6.37. The Hall–Kier alpha value is -3.68. The number of carbonyl (C=O) groups excluding carboxylic acids is 1. The lowest BCUT2D eigenvalue weighted by molar-refractivity contribution is -0.115. The number of aromatic nitrogens is 4. The summed E-state index contributed by atoms with van der Waals surface area (Å²) in [6.07, 6.45) is 3.35. The molecule has 3 aromatic rings. The second kappa shape index (κ2) is 7.15. The lowest BCUT2D eigenvalue weighted by Gasteiger charge is -2.27. The van der Waals surface area contributed by atoms with Crippen molar-refractivity contribution in [2.45, 2.75) is 19.9 Å². The summed E-state index contributed by atoms with van der Waals surface area (Å²) in [5.74, 6) is 1.38. The van der Waals surface area contributed by atoms with Crippen LogP contribution in [-0.4, -0.2) is 32.3 Å². The third-order valence-corrected chi connectivity index (χ3v) is 4.56. The number of anilines is 1. The molecule has 0 fully saturated rings. The molecule has 3 N–H and O–H groups in total. The lowest BCUT2D eigenvalue weighted by atomic mass is 9.96. The van der Waals surface area contributed by atoms with E-state index in [1.54, 1.807) is 17.1 Å². The van der Waals surface area contributed by atoms with Crippen molar-refractivity contribution < 1.29 is 9.53 Å². The first kappa shape index (κ1) is 17.7. The van der Waals surface area contributed by atoms with E-state index in [1.165, 1.54) is 0 Å². The van der Waals surface area contributed by atoms with Crippen LogP contribution in [0.2, 0.25) is 0 Å². The van der Waals surface area contributed by atoms with Crippen LogP contribution in [-0.2, 0) is 4.79 Å². The molecular weight excluding hydrogens is 356 g/mol. The van der Waals surface area contributed by atoms with E-state index >= 15 is 0 Å². The summed E-state index contributed by atoms with van der Waals surface area (Å²) in [5, 5.41) is 7.80. The number of hydrogen-bond donors (Lipinski definition) is 2. The topological polar surface area (TPSA) is 108 Å².